The fourth-order valence-electron chi connectivity index (χ4n) is 9.08. The molecule has 0 unspecified atom stereocenters. The van der Waals surface area contributed by atoms with Gasteiger partial charge in [-0.3, -0.25) is 0 Å². The molecule has 0 amide bonds. The Morgan fingerprint density at radius 3 is 2.24 bits per heavy atom. The Balaban J connectivity index is 1.48. The molecule has 4 aliphatic rings. The van der Waals surface area contributed by atoms with Crippen LogP contribution in [0.15, 0.2) is 30.3 Å². The van der Waals surface area contributed by atoms with Crippen molar-refractivity contribution in [3.63, 3.8) is 0 Å². The number of aliphatic hydroxyl groups is 1. The standard InChI is InChI=1S/C30H41F3O4/c1-17(2)19-12-13-27(4)21(34)15-26(3)16-22(28(5)14-20(28)24(26)23(19)27)37-25(35)29(36-6,30(31,32)33)18-10-8-7-9-11-18/h7-11,17,19-24,34H,12-16H2,1-6H3/t19-,20-,21-,22+,23+,24+,26-,27+,28-,29-/m0/s1. The number of rotatable bonds is 5. The van der Waals surface area contributed by atoms with Gasteiger partial charge in [-0.15, -0.1) is 0 Å². The highest BCUT2D eigenvalue weighted by molar-refractivity contribution is 5.83. The maximum absolute atomic E-state index is 14.5. The van der Waals surface area contributed by atoms with E-state index in [2.05, 4.69) is 34.6 Å². The SMILES string of the molecule is CO[C@](C(=O)O[C@@H]1C[C@]2(C)C[C@H](O)[C@@]3(C)CC[C@@H](C(C)C)[C@@H]3[C@H]2[C@@H]2C[C@]12C)(c1ccccc1)C(F)(F)F. The lowest BCUT2D eigenvalue weighted by atomic mass is 9.46. The molecule has 1 N–H and O–H groups in total. The molecule has 37 heavy (non-hydrogen) atoms. The van der Waals surface area contributed by atoms with Gasteiger partial charge in [0, 0.05) is 18.1 Å². The minimum Gasteiger partial charge on any atom is -0.459 e. The lowest BCUT2D eigenvalue weighted by Crippen LogP contribution is -2.59. The number of carbonyl (C=O) groups excluding carboxylic acids is 1. The maximum atomic E-state index is 14.5. The number of aliphatic hydroxyl groups excluding tert-OH is 1. The molecule has 7 heteroatoms. The maximum Gasteiger partial charge on any atom is 0.432 e. The third-order valence-electron chi connectivity index (χ3n) is 11.3. The Bertz CT molecular complexity index is 1040. The number of hydrogen-bond acceptors (Lipinski definition) is 4. The molecular weight excluding hydrogens is 481 g/mol. The lowest BCUT2D eigenvalue weighted by Gasteiger charge is -2.60. The second-order valence-electron chi connectivity index (χ2n) is 13.5. The van der Waals surface area contributed by atoms with Gasteiger partial charge in [-0.1, -0.05) is 65.0 Å². The molecule has 5 rings (SSSR count). The van der Waals surface area contributed by atoms with Crippen LogP contribution in [0.4, 0.5) is 13.2 Å². The molecule has 1 aromatic carbocycles. The summed E-state index contributed by atoms with van der Waals surface area (Å²) >= 11 is 0. The van der Waals surface area contributed by atoms with Crippen molar-refractivity contribution >= 4 is 5.97 Å². The molecule has 4 aliphatic carbocycles. The predicted molar refractivity (Wildman–Crippen MR) is 133 cm³/mol. The summed E-state index contributed by atoms with van der Waals surface area (Å²) in [5.41, 5.74) is -4.29. The lowest BCUT2D eigenvalue weighted by molar-refractivity contribution is -0.281. The van der Waals surface area contributed by atoms with E-state index in [1.807, 2.05) is 0 Å². The van der Waals surface area contributed by atoms with Gasteiger partial charge in [0.2, 0.25) is 0 Å². The number of benzene rings is 1. The normalized spacial score (nSPS) is 44.4. The van der Waals surface area contributed by atoms with Crippen LogP contribution >= 0.6 is 0 Å². The minimum atomic E-state index is -5.00. The van der Waals surface area contributed by atoms with Gasteiger partial charge in [0.05, 0.1) is 6.10 Å². The van der Waals surface area contributed by atoms with Crippen LogP contribution in [0.5, 0.6) is 0 Å². The highest BCUT2D eigenvalue weighted by Crippen LogP contribution is 2.77. The van der Waals surface area contributed by atoms with Gasteiger partial charge in [0.1, 0.15) is 6.10 Å². The summed E-state index contributed by atoms with van der Waals surface area (Å²) in [6, 6.07) is 7.02. The first-order chi connectivity index (χ1) is 17.2. The molecule has 10 atom stereocenters. The predicted octanol–water partition coefficient (Wildman–Crippen LogP) is 6.51. The Labute approximate surface area is 218 Å². The van der Waals surface area contributed by atoms with Crippen LogP contribution < -0.4 is 0 Å². The first-order valence-corrected chi connectivity index (χ1v) is 13.7. The van der Waals surface area contributed by atoms with Crippen molar-refractivity contribution in [2.75, 3.05) is 7.11 Å². The van der Waals surface area contributed by atoms with Crippen LogP contribution in [0.2, 0.25) is 0 Å². The highest BCUT2D eigenvalue weighted by atomic mass is 19.4. The summed E-state index contributed by atoms with van der Waals surface area (Å²) in [6.45, 7) is 11.0. The van der Waals surface area contributed by atoms with Crippen molar-refractivity contribution in [3.05, 3.63) is 35.9 Å². The van der Waals surface area contributed by atoms with Crippen molar-refractivity contribution in [3.8, 4) is 0 Å². The second-order valence-corrected chi connectivity index (χ2v) is 13.5. The molecule has 1 aromatic rings. The van der Waals surface area contributed by atoms with Crippen molar-refractivity contribution in [2.24, 2.45) is 45.8 Å². The molecule has 0 saturated heterocycles. The number of esters is 1. The quantitative estimate of drug-likeness (QED) is 0.448. The largest absolute Gasteiger partial charge is 0.459 e. The second kappa shape index (κ2) is 8.45. The summed E-state index contributed by atoms with van der Waals surface area (Å²) < 4.78 is 54.4. The number of methoxy groups -OCH3 is 1. The minimum absolute atomic E-state index is 0.138. The Kier molecular flexibility index (Phi) is 6.16. The number of alkyl halides is 3. The van der Waals surface area contributed by atoms with Crippen molar-refractivity contribution in [2.45, 2.75) is 90.7 Å². The van der Waals surface area contributed by atoms with Gasteiger partial charge in [0.15, 0.2) is 0 Å². The van der Waals surface area contributed by atoms with Crippen LogP contribution in [0.25, 0.3) is 0 Å². The van der Waals surface area contributed by atoms with Gasteiger partial charge >= 0.3 is 12.1 Å². The van der Waals surface area contributed by atoms with E-state index in [0.29, 0.717) is 36.5 Å². The van der Waals surface area contributed by atoms with E-state index in [-0.39, 0.29) is 27.7 Å². The van der Waals surface area contributed by atoms with Crippen LogP contribution in [0.3, 0.4) is 0 Å². The van der Waals surface area contributed by atoms with E-state index in [4.69, 9.17) is 9.47 Å². The molecule has 4 nitrogen and oxygen atoms in total. The number of hydrogen-bond donors (Lipinski definition) is 1. The first kappa shape index (κ1) is 27.0. The highest BCUT2D eigenvalue weighted by Gasteiger charge is 2.75. The summed E-state index contributed by atoms with van der Waals surface area (Å²) in [6.07, 6.45) is -2.15. The molecule has 0 bridgehead atoms. The van der Waals surface area contributed by atoms with E-state index in [9.17, 15) is 23.1 Å². The molecule has 0 aliphatic heterocycles. The van der Waals surface area contributed by atoms with E-state index >= 15 is 0 Å². The average Bonchev–Trinajstić information content (AvgIpc) is 3.36. The molecular formula is C30H41F3O4. The molecule has 0 heterocycles. The zero-order valence-electron chi connectivity index (χ0n) is 22.8. The molecule has 0 spiro atoms. The van der Waals surface area contributed by atoms with Crippen LogP contribution in [0.1, 0.15) is 72.3 Å². The summed E-state index contributed by atoms with van der Waals surface area (Å²) in [5, 5.41) is 11.4. The van der Waals surface area contributed by atoms with Crippen LogP contribution in [-0.2, 0) is 19.9 Å². The monoisotopic (exact) mass is 522 g/mol. The summed E-state index contributed by atoms with van der Waals surface area (Å²) in [7, 11) is 0.909. The number of fused-ring (bicyclic) bond motifs is 5. The van der Waals surface area contributed by atoms with Crippen molar-refractivity contribution < 1.29 is 32.5 Å². The first-order valence-electron chi connectivity index (χ1n) is 13.7. The van der Waals surface area contributed by atoms with Crippen molar-refractivity contribution in [1.29, 1.82) is 0 Å². The van der Waals surface area contributed by atoms with Gasteiger partial charge in [-0.2, -0.15) is 13.2 Å². The van der Waals surface area contributed by atoms with E-state index in [0.717, 1.165) is 26.4 Å². The molecule has 206 valence electrons. The van der Waals surface area contributed by atoms with Crippen LogP contribution in [0, 0.1) is 45.8 Å². The number of halogens is 3. The van der Waals surface area contributed by atoms with Gasteiger partial charge in [0.25, 0.3) is 5.60 Å². The molecule has 4 fully saturated rings. The summed E-state index contributed by atoms with van der Waals surface area (Å²) in [4.78, 5) is 13.5. The zero-order valence-corrected chi connectivity index (χ0v) is 22.8. The van der Waals surface area contributed by atoms with E-state index in [1.165, 1.54) is 24.3 Å². The van der Waals surface area contributed by atoms with Crippen molar-refractivity contribution in [1.82, 2.24) is 0 Å². The Morgan fingerprint density at radius 2 is 1.68 bits per heavy atom. The third kappa shape index (κ3) is 3.65. The summed E-state index contributed by atoms with van der Waals surface area (Å²) in [5.74, 6) is 0.594. The third-order valence-corrected chi connectivity index (χ3v) is 11.3. The topological polar surface area (TPSA) is 55.8 Å². The average molecular weight is 523 g/mol. The number of ether oxygens (including phenoxy) is 2. The number of carbonyl (C=O) groups is 1. The fourth-order valence-corrected chi connectivity index (χ4v) is 9.08. The zero-order chi connectivity index (χ0) is 27.2. The van der Waals surface area contributed by atoms with E-state index < -0.39 is 30.0 Å². The van der Waals surface area contributed by atoms with Crippen LogP contribution in [-0.4, -0.2) is 36.6 Å². The van der Waals surface area contributed by atoms with Gasteiger partial charge in [-0.05, 0) is 72.5 Å². The smallest absolute Gasteiger partial charge is 0.432 e. The van der Waals surface area contributed by atoms with Gasteiger partial charge < -0.3 is 14.6 Å². The molecule has 4 saturated carbocycles. The molecule has 0 aromatic heterocycles. The fraction of sp³-hybridized carbons (Fsp3) is 0.767. The Morgan fingerprint density at radius 1 is 1.03 bits per heavy atom. The van der Waals surface area contributed by atoms with E-state index in [1.54, 1.807) is 6.07 Å². The van der Waals surface area contributed by atoms with Gasteiger partial charge in [-0.25, -0.2) is 4.79 Å². The molecule has 0 radical (unpaired) electrons. The Hall–Kier alpha value is -1.60.